The first-order chi connectivity index (χ1) is 10.0. The summed E-state index contributed by atoms with van der Waals surface area (Å²) in [7, 11) is 0. The minimum Gasteiger partial charge on any atom is -0.493 e. The summed E-state index contributed by atoms with van der Waals surface area (Å²) in [6, 6.07) is 8.00. The van der Waals surface area contributed by atoms with Crippen LogP contribution in [0.1, 0.15) is 12.5 Å². The lowest BCUT2D eigenvalue weighted by Gasteiger charge is -2.13. The maximum absolute atomic E-state index is 13.5. The smallest absolute Gasteiger partial charge is 0.145 e. The number of hydrogen-bond donors (Lipinski definition) is 1. The topological polar surface area (TPSA) is 44.5 Å². The minimum absolute atomic E-state index is 0.0354. The van der Waals surface area contributed by atoms with Gasteiger partial charge in [0.05, 0.1) is 16.1 Å². The van der Waals surface area contributed by atoms with Crippen LogP contribution in [0.15, 0.2) is 34.8 Å². The van der Waals surface area contributed by atoms with Crippen LogP contribution in [0.2, 0.25) is 5.02 Å². The first kappa shape index (κ1) is 15.9. The highest BCUT2D eigenvalue weighted by atomic mass is 79.9. The van der Waals surface area contributed by atoms with Gasteiger partial charge in [-0.3, -0.25) is 0 Å². The van der Waals surface area contributed by atoms with Gasteiger partial charge in [-0.1, -0.05) is 11.6 Å². The van der Waals surface area contributed by atoms with Crippen LogP contribution in [-0.4, -0.2) is 6.61 Å². The molecule has 0 bridgehead atoms. The molecule has 6 heteroatoms. The molecule has 2 rings (SSSR count). The molecule has 2 N–H and O–H groups in total. The average Bonchev–Trinajstić information content (AvgIpc) is 2.44. The summed E-state index contributed by atoms with van der Waals surface area (Å²) in [5, 5.41) is 0.0354. The SMILES string of the molecule is CCOc1ccc(N)cc1COc1cc(F)c(Cl)cc1Br. The molecule has 2 aromatic rings. The Hall–Kier alpha value is -1.46. The van der Waals surface area contributed by atoms with Gasteiger partial charge in [-0.2, -0.15) is 0 Å². The van der Waals surface area contributed by atoms with Crippen LogP contribution < -0.4 is 15.2 Å². The molecule has 0 amide bonds. The lowest BCUT2D eigenvalue weighted by molar-refractivity contribution is 0.284. The number of halogens is 3. The Morgan fingerprint density at radius 2 is 1.95 bits per heavy atom. The maximum Gasteiger partial charge on any atom is 0.145 e. The molecule has 3 nitrogen and oxygen atoms in total. The first-order valence-corrected chi connectivity index (χ1v) is 7.47. The van der Waals surface area contributed by atoms with Gasteiger partial charge in [0.2, 0.25) is 0 Å². The van der Waals surface area contributed by atoms with E-state index >= 15 is 0 Å². The molecule has 2 aromatic carbocycles. The molecule has 0 saturated heterocycles. The predicted molar refractivity (Wildman–Crippen MR) is 85.5 cm³/mol. The third-order valence-corrected chi connectivity index (χ3v) is 3.65. The van der Waals surface area contributed by atoms with Crippen molar-refractivity contribution in [1.29, 1.82) is 0 Å². The van der Waals surface area contributed by atoms with Crippen molar-refractivity contribution in [2.75, 3.05) is 12.3 Å². The molecule has 0 aliphatic carbocycles. The second-order valence-electron chi connectivity index (χ2n) is 4.29. The van der Waals surface area contributed by atoms with Gasteiger partial charge in [-0.15, -0.1) is 0 Å². The fraction of sp³-hybridized carbons (Fsp3) is 0.200. The number of hydrogen-bond acceptors (Lipinski definition) is 3. The zero-order valence-corrected chi connectivity index (χ0v) is 13.7. The number of nitrogen functional groups attached to an aromatic ring is 1. The number of rotatable bonds is 5. The Labute approximate surface area is 135 Å². The zero-order chi connectivity index (χ0) is 15.4. The summed E-state index contributed by atoms with van der Waals surface area (Å²) in [4.78, 5) is 0. The highest BCUT2D eigenvalue weighted by Crippen LogP contribution is 2.32. The van der Waals surface area contributed by atoms with Gasteiger partial charge in [0.25, 0.3) is 0 Å². The average molecular weight is 375 g/mol. The van der Waals surface area contributed by atoms with Gasteiger partial charge >= 0.3 is 0 Å². The Morgan fingerprint density at radius 3 is 2.67 bits per heavy atom. The molecule has 0 saturated carbocycles. The van der Waals surface area contributed by atoms with Gasteiger partial charge in [-0.05, 0) is 47.1 Å². The van der Waals surface area contributed by atoms with Crippen molar-refractivity contribution in [2.24, 2.45) is 0 Å². The third-order valence-electron chi connectivity index (χ3n) is 2.74. The monoisotopic (exact) mass is 373 g/mol. The largest absolute Gasteiger partial charge is 0.493 e. The minimum atomic E-state index is -0.535. The molecule has 0 unspecified atom stereocenters. The van der Waals surface area contributed by atoms with Crippen molar-refractivity contribution in [3.05, 3.63) is 51.2 Å². The van der Waals surface area contributed by atoms with E-state index in [1.807, 2.05) is 6.92 Å². The van der Waals surface area contributed by atoms with E-state index in [-0.39, 0.29) is 11.6 Å². The van der Waals surface area contributed by atoms with Crippen molar-refractivity contribution in [3.8, 4) is 11.5 Å². The van der Waals surface area contributed by atoms with Crippen molar-refractivity contribution >= 4 is 33.2 Å². The fourth-order valence-electron chi connectivity index (χ4n) is 1.78. The van der Waals surface area contributed by atoms with Gasteiger partial charge in [-0.25, -0.2) is 4.39 Å². The summed E-state index contributed by atoms with van der Waals surface area (Å²) in [6.45, 7) is 2.64. The van der Waals surface area contributed by atoms with Crippen LogP contribution in [0.5, 0.6) is 11.5 Å². The van der Waals surface area contributed by atoms with Crippen LogP contribution >= 0.6 is 27.5 Å². The van der Waals surface area contributed by atoms with Crippen LogP contribution in [0.3, 0.4) is 0 Å². The number of ether oxygens (including phenoxy) is 2. The molecule has 0 atom stereocenters. The van der Waals surface area contributed by atoms with Crippen LogP contribution in [0.25, 0.3) is 0 Å². The molecule has 112 valence electrons. The summed E-state index contributed by atoms with van der Waals surface area (Å²) < 4.78 is 25.2. The van der Waals surface area contributed by atoms with E-state index < -0.39 is 5.82 Å². The first-order valence-electron chi connectivity index (χ1n) is 6.29. The van der Waals surface area contributed by atoms with E-state index in [2.05, 4.69) is 15.9 Å². The zero-order valence-electron chi connectivity index (χ0n) is 11.3. The van der Waals surface area contributed by atoms with E-state index in [0.29, 0.717) is 28.3 Å². The van der Waals surface area contributed by atoms with Crippen LogP contribution in [0, 0.1) is 5.82 Å². The summed E-state index contributed by atoms with van der Waals surface area (Å²) in [5.41, 5.74) is 7.17. The highest BCUT2D eigenvalue weighted by Gasteiger charge is 2.10. The Morgan fingerprint density at radius 1 is 1.19 bits per heavy atom. The van der Waals surface area contributed by atoms with Gasteiger partial charge in [0.15, 0.2) is 0 Å². The molecule has 0 aliphatic heterocycles. The summed E-state index contributed by atoms with van der Waals surface area (Å²) in [6.07, 6.45) is 0. The molecule has 21 heavy (non-hydrogen) atoms. The standard InChI is InChI=1S/C15H14BrClFNO2/c1-2-20-14-4-3-10(19)5-9(14)8-21-15-7-13(18)12(17)6-11(15)16/h3-7H,2,8,19H2,1H3. The second kappa shape index (κ2) is 7.00. The molecular weight excluding hydrogens is 361 g/mol. The van der Waals surface area contributed by atoms with Gasteiger partial charge in [0.1, 0.15) is 23.9 Å². The lowest BCUT2D eigenvalue weighted by Crippen LogP contribution is -2.02. The normalized spacial score (nSPS) is 10.5. The van der Waals surface area contributed by atoms with Crippen molar-refractivity contribution in [1.82, 2.24) is 0 Å². The summed E-state index contributed by atoms with van der Waals surface area (Å²) >= 11 is 8.98. The predicted octanol–water partition coefficient (Wildman–Crippen LogP) is 4.80. The Balaban J connectivity index is 2.20. The second-order valence-corrected chi connectivity index (χ2v) is 5.55. The van der Waals surface area contributed by atoms with E-state index in [0.717, 1.165) is 5.56 Å². The van der Waals surface area contributed by atoms with Gasteiger partial charge < -0.3 is 15.2 Å². The quantitative estimate of drug-likeness (QED) is 0.604. The maximum atomic E-state index is 13.5. The Bertz CT molecular complexity index is 652. The fourth-order valence-corrected chi connectivity index (χ4v) is 2.53. The molecule has 0 fully saturated rings. The van der Waals surface area contributed by atoms with Crippen LogP contribution in [-0.2, 0) is 6.61 Å². The molecule has 0 spiro atoms. The third kappa shape index (κ3) is 4.02. The van der Waals surface area contributed by atoms with Gasteiger partial charge in [0, 0.05) is 17.3 Å². The molecule has 0 aliphatic rings. The van der Waals surface area contributed by atoms with E-state index in [9.17, 15) is 4.39 Å². The number of benzene rings is 2. The van der Waals surface area contributed by atoms with Crippen molar-refractivity contribution < 1.29 is 13.9 Å². The number of anilines is 1. The molecule has 0 radical (unpaired) electrons. The van der Waals surface area contributed by atoms with E-state index in [4.69, 9.17) is 26.8 Å². The molecular formula is C15H14BrClFNO2. The highest BCUT2D eigenvalue weighted by molar-refractivity contribution is 9.10. The van der Waals surface area contributed by atoms with Crippen molar-refractivity contribution in [2.45, 2.75) is 13.5 Å². The number of nitrogens with two attached hydrogens (primary N) is 1. The lowest BCUT2D eigenvalue weighted by atomic mass is 10.2. The molecule has 0 heterocycles. The molecule has 0 aromatic heterocycles. The van der Waals surface area contributed by atoms with Crippen molar-refractivity contribution in [3.63, 3.8) is 0 Å². The summed E-state index contributed by atoms with van der Waals surface area (Å²) in [5.74, 6) is 0.520. The Kier molecular flexibility index (Phi) is 5.31. The van der Waals surface area contributed by atoms with E-state index in [1.54, 1.807) is 18.2 Å². The van der Waals surface area contributed by atoms with Crippen LogP contribution in [0.4, 0.5) is 10.1 Å². The van der Waals surface area contributed by atoms with E-state index in [1.165, 1.54) is 12.1 Å².